The van der Waals surface area contributed by atoms with Crippen LogP contribution in [0.2, 0.25) is 0 Å². The highest BCUT2D eigenvalue weighted by Gasteiger charge is 2.17. The molecule has 7 nitrogen and oxygen atoms in total. The predicted molar refractivity (Wildman–Crippen MR) is 95.0 cm³/mol. The third-order valence-electron chi connectivity index (χ3n) is 4.74. The van der Waals surface area contributed by atoms with E-state index in [4.69, 9.17) is 0 Å². The summed E-state index contributed by atoms with van der Waals surface area (Å²) in [6.07, 6.45) is 10.4. The molecule has 0 aliphatic carbocycles. The van der Waals surface area contributed by atoms with Crippen LogP contribution in [0.1, 0.15) is 41.5 Å². The summed E-state index contributed by atoms with van der Waals surface area (Å²) in [5.41, 5.74) is 2.37. The molecule has 1 fully saturated rings. The van der Waals surface area contributed by atoms with Crippen molar-refractivity contribution in [2.24, 2.45) is 5.92 Å². The minimum atomic E-state index is -0.142. The van der Waals surface area contributed by atoms with Crippen molar-refractivity contribution in [3.63, 3.8) is 0 Å². The first kappa shape index (κ1) is 17.5. The molecule has 3 rings (SSSR count). The molecule has 1 aliphatic heterocycles. The molecular weight excluding hydrogens is 316 g/mol. The molecule has 7 heteroatoms. The highest BCUT2D eigenvalue weighted by atomic mass is 16.1. The Kier molecular flexibility index (Phi) is 5.75. The van der Waals surface area contributed by atoms with E-state index in [0.29, 0.717) is 18.0 Å². The Morgan fingerprint density at radius 2 is 1.92 bits per heavy atom. The Hall–Kier alpha value is -2.28. The predicted octanol–water partition coefficient (Wildman–Crippen LogP) is 1.51. The van der Waals surface area contributed by atoms with E-state index in [9.17, 15) is 4.79 Å². The molecule has 0 spiro atoms. The number of carbonyl (C=O) groups excluding carboxylic acids is 1. The van der Waals surface area contributed by atoms with Gasteiger partial charge in [0, 0.05) is 18.9 Å². The number of aromatic nitrogens is 4. The van der Waals surface area contributed by atoms with Crippen molar-refractivity contribution < 1.29 is 4.79 Å². The van der Waals surface area contributed by atoms with E-state index >= 15 is 0 Å². The van der Waals surface area contributed by atoms with Gasteiger partial charge in [0.1, 0.15) is 0 Å². The molecule has 2 aromatic rings. The largest absolute Gasteiger partial charge is 0.346 e. The van der Waals surface area contributed by atoms with Crippen molar-refractivity contribution in [2.45, 2.75) is 39.3 Å². The molecule has 0 aromatic carbocycles. The van der Waals surface area contributed by atoms with Crippen LogP contribution in [0, 0.1) is 5.92 Å². The number of likely N-dealkylation sites (tertiary alicyclic amines) is 1. The number of hydrogen-bond donors (Lipinski definition) is 1. The number of piperidine rings is 1. The lowest BCUT2D eigenvalue weighted by molar-refractivity contribution is 0.0950. The molecule has 0 radical (unpaired) electrons. The van der Waals surface area contributed by atoms with Crippen LogP contribution in [-0.2, 0) is 19.5 Å². The van der Waals surface area contributed by atoms with Crippen LogP contribution >= 0.6 is 0 Å². The summed E-state index contributed by atoms with van der Waals surface area (Å²) in [5, 5.41) is 6.97. The highest BCUT2D eigenvalue weighted by molar-refractivity contribution is 5.93. The van der Waals surface area contributed by atoms with E-state index in [-0.39, 0.29) is 5.91 Å². The SMILES string of the molecule is CCn1cc(C(=O)NCc2cnc(CC3CCN(C)CC3)cn2)cn1. The maximum atomic E-state index is 12.1. The summed E-state index contributed by atoms with van der Waals surface area (Å²) in [4.78, 5) is 23.4. The average Bonchev–Trinajstić information content (AvgIpc) is 3.12. The van der Waals surface area contributed by atoms with Crippen LogP contribution in [0.3, 0.4) is 0 Å². The summed E-state index contributed by atoms with van der Waals surface area (Å²) in [6.45, 7) is 5.43. The van der Waals surface area contributed by atoms with Crippen LogP contribution in [-0.4, -0.2) is 50.7 Å². The van der Waals surface area contributed by atoms with Gasteiger partial charge in [0.25, 0.3) is 5.91 Å². The summed E-state index contributed by atoms with van der Waals surface area (Å²) >= 11 is 0. The van der Waals surface area contributed by atoms with E-state index in [1.165, 1.54) is 12.8 Å². The number of nitrogens with zero attached hydrogens (tertiary/aromatic N) is 5. The van der Waals surface area contributed by atoms with Crippen molar-refractivity contribution in [1.82, 2.24) is 30.0 Å². The fourth-order valence-electron chi connectivity index (χ4n) is 3.07. The van der Waals surface area contributed by atoms with E-state index in [2.05, 4.69) is 32.3 Å². The van der Waals surface area contributed by atoms with Crippen LogP contribution in [0.5, 0.6) is 0 Å². The monoisotopic (exact) mass is 342 g/mol. The van der Waals surface area contributed by atoms with Crippen LogP contribution in [0.15, 0.2) is 24.8 Å². The molecule has 1 saturated heterocycles. The molecule has 0 unspecified atom stereocenters. The highest BCUT2D eigenvalue weighted by Crippen LogP contribution is 2.19. The van der Waals surface area contributed by atoms with Crippen LogP contribution in [0.25, 0.3) is 0 Å². The molecule has 134 valence electrons. The van der Waals surface area contributed by atoms with E-state index in [1.54, 1.807) is 23.3 Å². The first-order valence-electron chi connectivity index (χ1n) is 8.93. The fourth-order valence-corrected chi connectivity index (χ4v) is 3.07. The molecule has 1 aliphatic rings. The van der Waals surface area contributed by atoms with Gasteiger partial charge in [0.2, 0.25) is 0 Å². The van der Waals surface area contributed by atoms with Gasteiger partial charge >= 0.3 is 0 Å². The molecule has 3 heterocycles. The number of amides is 1. The maximum absolute atomic E-state index is 12.1. The molecule has 1 N–H and O–H groups in total. The van der Waals surface area contributed by atoms with Crippen LogP contribution < -0.4 is 5.32 Å². The molecule has 0 bridgehead atoms. The van der Waals surface area contributed by atoms with Gasteiger partial charge < -0.3 is 10.2 Å². The zero-order chi connectivity index (χ0) is 17.6. The fraction of sp³-hybridized carbons (Fsp3) is 0.556. The van der Waals surface area contributed by atoms with Crippen molar-refractivity contribution >= 4 is 5.91 Å². The van der Waals surface area contributed by atoms with Crippen molar-refractivity contribution in [1.29, 1.82) is 0 Å². The van der Waals surface area contributed by atoms with Gasteiger partial charge in [-0.05, 0) is 52.2 Å². The first-order valence-corrected chi connectivity index (χ1v) is 8.93. The van der Waals surface area contributed by atoms with Gasteiger partial charge in [-0.25, -0.2) is 0 Å². The number of hydrogen-bond acceptors (Lipinski definition) is 5. The summed E-state index contributed by atoms with van der Waals surface area (Å²) in [6, 6.07) is 0. The van der Waals surface area contributed by atoms with E-state index in [1.807, 2.05) is 13.1 Å². The smallest absolute Gasteiger partial charge is 0.254 e. The Morgan fingerprint density at radius 1 is 1.20 bits per heavy atom. The van der Waals surface area contributed by atoms with Gasteiger partial charge in [-0.1, -0.05) is 0 Å². The molecule has 0 saturated carbocycles. The number of rotatable bonds is 6. The summed E-state index contributed by atoms with van der Waals surface area (Å²) in [5.74, 6) is 0.558. The van der Waals surface area contributed by atoms with Crippen molar-refractivity contribution in [3.05, 3.63) is 41.7 Å². The second kappa shape index (κ2) is 8.20. The lowest BCUT2D eigenvalue weighted by Gasteiger charge is -2.28. The summed E-state index contributed by atoms with van der Waals surface area (Å²) in [7, 11) is 2.17. The van der Waals surface area contributed by atoms with E-state index < -0.39 is 0 Å². The number of carbonyl (C=O) groups is 1. The normalized spacial score (nSPS) is 16.1. The van der Waals surface area contributed by atoms with Gasteiger partial charge in [-0.2, -0.15) is 5.10 Å². The topological polar surface area (TPSA) is 75.9 Å². The van der Waals surface area contributed by atoms with Gasteiger partial charge in [-0.3, -0.25) is 19.4 Å². The summed E-state index contributed by atoms with van der Waals surface area (Å²) < 4.78 is 1.73. The van der Waals surface area contributed by atoms with Crippen molar-refractivity contribution in [2.75, 3.05) is 20.1 Å². The van der Waals surface area contributed by atoms with Gasteiger partial charge in [0.15, 0.2) is 0 Å². The third-order valence-corrected chi connectivity index (χ3v) is 4.74. The zero-order valence-electron chi connectivity index (χ0n) is 15.0. The number of nitrogens with one attached hydrogen (secondary N) is 1. The van der Waals surface area contributed by atoms with Gasteiger partial charge in [0.05, 0.1) is 35.9 Å². The number of aryl methyl sites for hydroxylation is 1. The second-order valence-electron chi connectivity index (χ2n) is 6.72. The minimum Gasteiger partial charge on any atom is -0.346 e. The lowest BCUT2D eigenvalue weighted by Crippen LogP contribution is -2.31. The molecular formula is C18H26N6O. The molecule has 0 atom stereocenters. The standard InChI is InChI=1S/C18H26N6O/c1-3-24-13-15(9-22-24)18(25)21-12-17-11-19-16(10-20-17)8-14-4-6-23(2)7-5-14/h9-11,13-14H,3-8,12H2,1-2H3,(H,21,25). The third kappa shape index (κ3) is 4.85. The molecule has 2 aromatic heterocycles. The Bertz CT molecular complexity index is 688. The van der Waals surface area contributed by atoms with Crippen LogP contribution in [0.4, 0.5) is 0 Å². The Balaban J connectivity index is 1.48. The van der Waals surface area contributed by atoms with Gasteiger partial charge in [-0.15, -0.1) is 0 Å². The Labute approximate surface area is 148 Å². The average molecular weight is 342 g/mol. The Morgan fingerprint density at radius 3 is 2.56 bits per heavy atom. The maximum Gasteiger partial charge on any atom is 0.254 e. The zero-order valence-corrected chi connectivity index (χ0v) is 15.0. The molecule has 1 amide bonds. The minimum absolute atomic E-state index is 0.142. The first-order chi connectivity index (χ1) is 12.1. The lowest BCUT2D eigenvalue weighted by atomic mass is 9.92. The quantitative estimate of drug-likeness (QED) is 0.861. The second-order valence-corrected chi connectivity index (χ2v) is 6.72. The van der Waals surface area contributed by atoms with Crippen molar-refractivity contribution in [3.8, 4) is 0 Å². The van der Waals surface area contributed by atoms with E-state index in [0.717, 1.165) is 37.4 Å². The molecule has 25 heavy (non-hydrogen) atoms.